The third kappa shape index (κ3) is 19.8. The van der Waals surface area contributed by atoms with Crippen molar-refractivity contribution in [2.45, 2.75) is 138 Å². The summed E-state index contributed by atoms with van der Waals surface area (Å²) in [6.07, 6.45) is -15.9. The second kappa shape index (κ2) is 36.9. The van der Waals surface area contributed by atoms with E-state index in [0.29, 0.717) is 6.42 Å². The molecule has 15 atom stereocenters. The van der Waals surface area contributed by atoms with E-state index in [1.807, 2.05) is 6.08 Å². The summed E-state index contributed by atoms with van der Waals surface area (Å²) in [6, 6.07) is 55.6. The Kier molecular flexibility index (Phi) is 26.9. The summed E-state index contributed by atoms with van der Waals surface area (Å²) in [5, 5.41) is 25.4. The molecule has 3 heterocycles. The number of esters is 7. The molecule has 0 aromatic heterocycles. The van der Waals surface area contributed by atoms with E-state index < -0.39 is 154 Å². The standard InChI is InChI=1S/C78H80O22/c1-3-4-5-6-7-8-9-31-46-88-76-62(80)66(100-78-64(96-72(84)54-38-23-13-24-39-54)50(2)63(95-71(83)53-36-21-12-22-37-53)59(94-78)48-89-69(81)51-32-17-10-18-33-51)61(79)58(92-76)47-91-77-68(99-75(87)57-44-29-16-30-45-57)67(98-74(86)56-42-27-15-28-43-56)65(97-73(85)55-40-25-14-26-41-55)60(93-77)49-90-70(82)52-34-19-11-20-35-52/h3,10-30,32-45,50,58-68,76-80H,1,4-9,31,46-49H2,2H3. The first-order chi connectivity index (χ1) is 48.7. The summed E-state index contributed by atoms with van der Waals surface area (Å²) >= 11 is 0. The fourth-order valence-electron chi connectivity index (χ4n) is 11.7. The molecule has 3 aliphatic heterocycles. The van der Waals surface area contributed by atoms with Crippen molar-refractivity contribution in [3.63, 3.8) is 0 Å². The maximum Gasteiger partial charge on any atom is 0.338 e. The topological polar surface area (TPSA) is 280 Å². The minimum atomic E-state index is -1.96. The zero-order valence-corrected chi connectivity index (χ0v) is 55.0. The molecule has 0 aliphatic carbocycles. The van der Waals surface area contributed by atoms with E-state index in [9.17, 15) is 43.8 Å². The number of ether oxygens (including phenoxy) is 13. The number of aliphatic hydroxyl groups is 2. The van der Waals surface area contributed by atoms with Gasteiger partial charge in [-0.3, -0.25) is 0 Å². The van der Waals surface area contributed by atoms with Crippen LogP contribution < -0.4 is 0 Å². The highest BCUT2D eigenvalue weighted by Crippen LogP contribution is 2.38. The predicted octanol–water partition coefficient (Wildman–Crippen LogP) is 10.7. The molecule has 10 rings (SSSR count). The van der Waals surface area contributed by atoms with Gasteiger partial charge in [-0.05, 0) is 104 Å². The molecule has 100 heavy (non-hydrogen) atoms. The van der Waals surface area contributed by atoms with Crippen LogP contribution >= 0.6 is 0 Å². The minimum Gasteiger partial charge on any atom is -0.459 e. The maximum absolute atomic E-state index is 14.5. The Hall–Kier alpha value is -9.75. The lowest BCUT2D eigenvalue weighted by Gasteiger charge is -2.48. The van der Waals surface area contributed by atoms with Crippen LogP contribution in [0.15, 0.2) is 225 Å². The van der Waals surface area contributed by atoms with E-state index in [1.54, 1.807) is 146 Å². The first kappa shape index (κ1) is 73.0. The zero-order valence-electron chi connectivity index (χ0n) is 55.0. The molecule has 0 spiro atoms. The number of aliphatic hydroxyl groups excluding tert-OH is 2. The predicted molar refractivity (Wildman–Crippen MR) is 358 cm³/mol. The monoisotopic (exact) mass is 1370 g/mol. The Morgan fingerprint density at radius 1 is 0.350 bits per heavy atom. The lowest BCUT2D eigenvalue weighted by Crippen LogP contribution is -2.65. The van der Waals surface area contributed by atoms with E-state index in [0.717, 1.165) is 38.5 Å². The molecule has 2 N–H and O–H groups in total. The highest BCUT2D eigenvalue weighted by atomic mass is 16.8. The molecule has 7 aromatic rings. The van der Waals surface area contributed by atoms with Crippen molar-refractivity contribution in [3.8, 4) is 0 Å². The normalized spacial score (nSPS) is 24.8. The number of carbonyl (C=O) groups excluding carboxylic acids is 7. The van der Waals surface area contributed by atoms with Crippen LogP contribution in [0, 0.1) is 5.92 Å². The molecule has 22 heteroatoms. The largest absolute Gasteiger partial charge is 0.459 e. The van der Waals surface area contributed by atoms with Gasteiger partial charge in [-0.2, -0.15) is 0 Å². The van der Waals surface area contributed by atoms with Crippen molar-refractivity contribution >= 4 is 41.8 Å². The van der Waals surface area contributed by atoms with Gasteiger partial charge in [0, 0.05) is 12.5 Å². The summed E-state index contributed by atoms with van der Waals surface area (Å²) in [5.41, 5.74) is 0.750. The number of carbonyl (C=O) groups is 7. The maximum atomic E-state index is 14.5. The molecular formula is C78H80O22. The van der Waals surface area contributed by atoms with Crippen LogP contribution in [-0.2, 0) is 61.6 Å². The Bertz CT molecular complexity index is 3740. The Balaban J connectivity index is 1.01. The molecule has 0 amide bonds. The van der Waals surface area contributed by atoms with E-state index in [-0.39, 0.29) is 45.6 Å². The molecule has 22 nitrogen and oxygen atoms in total. The van der Waals surface area contributed by atoms with Crippen LogP contribution in [0.4, 0.5) is 0 Å². The highest BCUT2D eigenvalue weighted by Gasteiger charge is 2.57. The summed E-state index contributed by atoms with van der Waals surface area (Å²) in [6.45, 7) is 3.45. The lowest BCUT2D eigenvalue weighted by atomic mass is 9.89. The molecule has 15 unspecified atom stereocenters. The van der Waals surface area contributed by atoms with Gasteiger partial charge >= 0.3 is 41.8 Å². The number of unbranched alkanes of at least 4 members (excludes halogenated alkanes) is 6. The van der Waals surface area contributed by atoms with E-state index in [4.69, 9.17) is 61.6 Å². The SMILES string of the molecule is C=CCCCCCCCCOC1OC(COC2OC(COC(=O)c3ccccc3)C(OC(=O)c3ccccc3)C(OC(=O)c3ccccc3)C2OC(=O)c2ccccc2)C(O)C(OC2OC(COC(=O)c3ccccc3)C(OC(=O)c3ccccc3)C(C)C2OC(=O)c2ccccc2)C1O. The Labute approximate surface area is 578 Å². The van der Waals surface area contributed by atoms with Crippen molar-refractivity contribution in [3.05, 3.63) is 264 Å². The molecule has 0 radical (unpaired) electrons. The van der Waals surface area contributed by atoms with E-state index in [1.165, 1.54) is 72.8 Å². The van der Waals surface area contributed by atoms with Gasteiger partial charge < -0.3 is 71.8 Å². The quantitative estimate of drug-likeness (QED) is 0.0177. The van der Waals surface area contributed by atoms with Gasteiger partial charge in [-0.25, -0.2) is 33.6 Å². The van der Waals surface area contributed by atoms with Gasteiger partial charge in [-0.15, -0.1) is 6.58 Å². The van der Waals surface area contributed by atoms with Gasteiger partial charge in [-0.1, -0.05) is 166 Å². The average Bonchev–Trinajstić information content (AvgIpc) is 0.778. The number of benzene rings is 7. The Morgan fingerprint density at radius 2 is 0.690 bits per heavy atom. The van der Waals surface area contributed by atoms with Crippen molar-refractivity contribution in [1.29, 1.82) is 0 Å². The van der Waals surface area contributed by atoms with Crippen LogP contribution in [-0.4, -0.2) is 164 Å². The third-order valence-electron chi connectivity index (χ3n) is 17.1. The molecule has 524 valence electrons. The minimum absolute atomic E-state index is 0.0307. The summed E-state index contributed by atoms with van der Waals surface area (Å²) in [4.78, 5) is 98.9. The molecule has 7 aromatic carbocycles. The van der Waals surface area contributed by atoms with Gasteiger partial charge in [0.15, 0.2) is 43.3 Å². The first-order valence-corrected chi connectivity index (χ1v) is 33.3. The fraction of sp³-hybridized carbons (Fsp3) is 0.346. The van der Waals surface area contributed by atoms with Crippen molar-refractivity contribution in [1.82, 2.24) is 0 Å². The lowest BCUT2D eigenvalue weighted by molar-refractivity contribution is -0.361. The molecular weight excluding hydrogens is 1290 g/mol. The van der Waals surface area contributed by atoms with Crippen LogP contribution in [0.5, 0.6) is 0 Å². The molecule has 3 aliphatic rings. The number of hydrogen-bond acceptors (Lipinski definition) is 22. The van der Waals surface area contributed by atoms with Crippen molar-refractivity contribution < 1.29 is 105 Å². The van der Waals surface area contributed by atoms with Crippen LogP contribution in [0.2, 0.25) is 0 Å². The summed E-state index contributed by atoms with van der Waals surface area (Å²) in [5.74, 6) is -7.16. The first-order valence-electron chi connectivity index (χ1n) is 33.3. The van der Waals surface area contributed by atoms with Crippen LogP contribution in [0.25, 0.3) is 0 Å². The molecule has 3 fully saturated rings. The zero-order chi connectivity index (χ0) is 70.2. The van der Waals surface area contributed by atoms with Crippen molar-refractivity contribution in [2.75, 3.05) is 26.4 Å². The summed E-state index contributed by atoms with van der Waals surface area (Å²) < 4.78 is 82.4. The van der Waals surface area contributed by atoms with Gasteiger partial charge in [0.2, 0.25) is 0 Å². The second-order valence-corrected chi connectivity index (χ2v) is 24.1. The van der Waals surface area contributed by atoms with Gasteiger partial charge in [0.1, 0.15) is 55.9 Å². The number of rotatable bonds is 31. The number of hydrogen-bond donors (Lipinski definition) is 2. The smallest absolute Gasteiger partial charge is 0.338 e. The van der Waals surface area contributed by atoms with Crippen molar-refractivity contribution in [2.24, 2.45) is 5.92 Å². The molecule has 0 bridgehead atoms. The molecule has 3 saturated heterocycles. The number of allylic oxidation sites excluding steroid dienone is 1. The fourth-order valence-corrected chi connectivity index (χ4v) is 11.7. The van der Waals surface area contributed by atoms with E-state index >= 15 is 0 Å². The highest BCUT2D eigenvalue weighted by molar-refractivity contribution is 5.93. The Morgan fingerprint density at radius 3 is 1.12 bits per heavy atom. The molecule has 0 saturated carbocycles. The van der Waals surface area contributed by atoms with E-state index in [2.05, 4.69) is 6.58 Å². The van der Waals surface area contributed by atoms with Crippen LogP contribution in [0.3, 0.4) is 0 Å². The van der Waals surface area contributed by atoms with Gasteiger partial charge in [0.05, 0.1) is 45.6 Å². The van der Waals surface area contributed by atoms with Gasteiger partial charge in [0.25, 0.3) is 0 Å². The second-order valence-electron chi connectivity index (χ2n) is 24.1. The van der Waals surface area contributed by atoms with Crippen LogP contribution in [0.1, 0.15) is 124 Å². The summed E-state index contributed by atoms with van der Waals surface area (Å²) in [7, 11) is 0. The third-order valence-corrected chi connectivity index (χ3v) is 17.1. The average molecular weight is 1370 g/mol.